The van der Waals surface area contributed by atoms with E-state index in [2.05, 4.69) is 11.6 Å². The van der Waals surface area contributed by atoms with Crippen molar-refractivity contribution in [2.45, 2.75) is 84.0 Å². The predicted molar refractivity (Wildman–Crippen MR) is 88.1 cm³/mol. The molecule has 0 aromatic heterocycles. The topological polar surface area (TPSA) is 55.8 Å². The summed E-state index contributed by atoms with van der Waals surface area (Å²) in [6, 6.07) is 0. The minimum Gasteiger partial charge on any atom is -0.381 e. The highest BCUT2D eigenvalue weighted by Crippen LogP contribution is 2.20. The maximum Gasteiger partial charge on any atom is 0.539 e. The van der Waals surface area contributed by atoms with Crippen molar-refractivity contribution >= 4 is 8.03 Å². The van der Waals surface area contributed by atoms with Crippen LogP contribution in [0.15, 0.2) is 0 Å². The van der Waals surface area contributed by atoms with Gasteiger partial charge in [0.15, 0.2) is 6.16 Å². The minimum absolute atomic E-state index is 0.365. The lowest BCUT2D eigenvalue weighted by molar-refractivity contribution is -0.130. The molecule has 0 saturated carbocycles. The Balaban J connectivity index is 2.98. The second-order valence-corrected chi connectivity index (χ2v) is 6.92. The van der Waals surface area contributed by atoms with Gasteiger partial charge in [-0.1, -0.05) is 71.1 Å². The van der Waals surface area contributed by atoms with Gasteiger partial charge in [-0.3, -0.25) is 0 Å². The van der Waals surface area contributed by atoms with E-state index in [-0.39, 0.29) is 0 Å². The van der Waals surface area contributed by atoms with Crippen LogP contribution in [0.3, 0.4) is 0 Å². The average Bonchev–Trinajstić information content (AvgIpc) is 2.50. The van der Waals surface area contributed by atoms with Gasteiger partial charge in [-0.15, -0.1) is 0 Å². The van der Waals surface area contributed by atoms with E-state index in [4.69, 9.17) is 9.99 Å². The molecule has 0 aromatic rings. The van der Waals surface area contributed by atoms with Gasteiger partial charge >= 0.3 is 8.03 Å². The van der Waals surface area contributed by atoms with Crippen molar-refractivity contribution in [1.29, 1.82) is 0 Å². The van der Waals surface area contributed by atoms with Gasteiger partial charge in [-0.2, -0.15) is 0 Å². The zero-order valence-electron chi connectivity index (χ0n) is 13.7. The summed E-state index contributed by atoms with van der Waals surface area (Å²) in [4.78, 5) is 0. The molecule has 0 fully saturated rings. The number of unbranched alkanes of at least 4 members (excludes halogenated alkanes) is 10. The molecule has 0 aliphatic carbocycles. The third kappa shape index (κ3) is 17.9. The van der Waals surface area contributed by atoms with Crippen LogP contribution in [-0.2, 0) is 14.0 Å². The van der Waals surface area contributed by atoms with Crippen LogP contribution in [0.1, 0.15) is 84.0 Å². The van der Waals surface area contributed by atoms with Gasteiger partial charge in [-0.25, -0.2) is 5.26 Å². The van der Waals surface area contributed by atoms with E-state index in [1.807, 2.05) is 0 Å². The monoisotopic (exact) mass is 321 g/mol. The van der Waals surface area contributed by atoms with Crippen molar-refractivity contribution in [2.24, 2.45) is 0 Å². The average molecular weight is 321 g/mol. The number of rotatable bonds is 17. The highest BCUT2D eigenvalue weighted by Gasteiger charge is 2.15. The molecule has 5 heteroatoms. The zero-order chi connectivity index (χ0) is 15.6. The molecule has 1 atom stereocenters. The maximum absolute atomic E-state index is 10.8. The van der Waals surface area contributed by atoms with Gasteiger partial charge in [-0.05, 0) is 11.0 Å². The first-order chi connectivity index (χ1) is 10.3. The van der Waals surface area contributed by atoms with E-state index in [1.54, 1.807) is 0 Å². The summed E-state index contributed by atoms with van der Waals surface area (Å²) in [7, 11) is -1.89. The molecule has 0 aliphatic heterocycles. The Kier molecular flexibility index (Phi) is 18.0. The number of hydrogen-bond acceptors (Lipinski definition) is 4. The first-order valence-electron chi connectivity index (χ1n) is 8.65. The Labute approximate surface area is 131 Å². The Morgan fingerprint density at radius 1 is 0.762 bits per heavy atom. The molecule has 4 nitrogen and oxygen atoms in total. The molecule has 126 valence electrons. The van der Waals surface area contributed by atoms with Crippen molar-refractivity contribution < 1.29 is 19.2 Å². The molecule has 0 radical (unpaired) electrons. The molecule has 0 heterocycles. The fourth-order valence-corrected chi connectivity index (χ4v) is 2.78. The summed E-state index contributed by atoms with van der Waals surface area (Å²) in [5, 5.41) is 8.13. The predicted octanol–water partition coefficient (Wildman–Crippen LogP) is 5.94. The van der Waals surface area contributed by atoms with E-state index >= 15 is 0 Å². The quantitative estimate of drug-likeness (QED) is 0.156. The standard InChI is InChI=1S/C16H33O4P/c1-2-3-4-5-6-7-8-9-10-11-12-14-19-15-13-16-21(18)20-17/h2-16H2,1H3/p+1. The fourth-order valence-electron chi connectivity index (χ4n) is 2.31. The first-order valence-corrected chi connectivity index (χ1v) is 10.0. The summed E-state index contributed by atoms with van der Waals surface area (Å²) in [6.07, 6.45) is 15.8. The summed E-state index contributed by atoms with van der Waals surface area (Å²) in [6.45, 7) is 3.64. The Hall–Kier alpha value is -0.0200. The Morgan fingerprint density at radius 2 is 1.24 bits per heavy atom. The molecule has 0 saturated heterocycles. The van der Waals surface area contributed by atoms with Crippen LogP contribution in [0.5, 0.6) is 0 Å². The number of ether oxygens (including phenoxy) is 1. The normalized spacial score (nSPS) is 11.8. The Morgan fingerprint density at radius 3 is 1.76 bits per heavy atom. The van der Waals surface area contributed by atoms with Crippen LogP contribution < -0.4 is 0 Å². The summed E-state index contributed by atoms with van der Waals surface area (Å²) in [5.74, 6) is 0. The summed E-state index contributed by atoms with van der Waals surface area (Å²) >= 11 is 0. The Bertz CT molecular complexity index is 224. The summed E-state index contributed by atoms with van der Waals surface area (Å²) in [5.41, 5.74) is 0. The van der Waals surface area contributed by atoms with Crippen LogP contribution in [0, 0.1) is 0 Å². The van der Waals surface area contributed by atoms with Crippen molar-refractivity contribution in [3.63, 3.8) is 0 Å². The second kappa shape index (κ2) is 18.0. The molecule has 0 bridgehead atoms. The van der Waals surface area contributed by atoms with Crippen LogP contribution >= 0.6 is 8.03 Å². The largest absolute Gasteiger partial charge is 0.539 e. The molecule has 0 amide bonds. The maximum atomic E-state index is 10.8. The van der Waals surface area contributed by atoms with Crippen LogP contribution in [-0.4, -0.2) is 24.6 Å². The van der Waals surface area contributed by atoms with Gasteiger partial charge in [0.2, 0.25) is 0 Å². The van der Waals surface area contributed by atoms with Crippen molar-refractivity contribution in [3.05, 3.63) is 0 Å². The van der Waals surface area contributed by atoms with Gasteiger partial charge in [0.1, 0.15) is 0 Å². The van der Waals surface area contributed by atoms with Gasteiger partial charge in [0.05, 0.1) is 6.61 Å². The molecule has 1 N–H and O–H groups in total. The van der Waals surface area contributed by atoms with Crippen molar-refractivity contribution in [1.82, 2.24) is 0 Å². The van der Waals surface area contributed by atoms with Gasteiger partial charge < -0.3 is 4.74 Å². The molecule has 0 spiro atoms. The molecule has 0 rings (SSSR count). The van der Waals surface area contributed by atoms with Crippen molar-refractivity contribution in [3.8, 4) is 0 Å². The van der Waals surface area contributed by atoms with E-state index in [0.29, 0.717) is 19.2 Å². The zero-order valence-corrected chi connectivity index (χ0v) is 14.6. The molecule has 21 heavy (non-hydrogen) atoms. The van der Waals surface area contributed by atoms with Crippen LogP contribution in [0.25, 0.3) is 0 Å². The van der Waals surface area contributed by atoms with E-state index in [0.717, 1.165) is 13.0 Å². The second-order valence-electron chi connectivity index (χ2n) is 5.64. The van der Waals surface area contributed by atoms with E-state index in [9.17, 15) is 4.57 Å². The van der Waals surface area contributed by atoms with Crippen LogP contribution in [0.2, 0.25) is 0 Å². The van der Waals surface area contributed by atoms with Crippen LogP contribution in [0.4, 0.5) is 0 Å². The molecule has 0 aromatic carbocycles. The molecule has 1 unspecified atom stereocenters. The van der Waals surface area contributed by atoms with E-state index in [1.165, 1.54) is 64.2 Å². The van der Waals surface area contributed by atoms with Gasteiger partial charge in [0, 0.05) is 17.7 Å². The molecular weight excluding hydrogens is 287 g/mol. The fraction of sp³-hybridized carbons (Fsp3) is 1.00. The highest BCUT2D eigenvalue weighted by molar-refractivity contribution is 7.38. The molecule has 0 aliphatic rings. The third-order valence-electron chi connectivity index (χ3n) is 3.61. The lowest BCUT2D eigenvalue weighted by Gasteiger charge is -2.03. The molecular formula is C16H34O4P+. The lowest BCUT2D eigenvalue weighted by Crippen LogP contribution is -1.98. The minimum atomic E-state index is -1.89. The summed E-state index contributed by atoms with van der Waals surface area (Å²) < 4.78 is 19.9. The smallest absolute Gasteiger partial charge is 0.381 e. The third-order valence-corrected chi connectivity index (χ3v) is 4.48. The highest BCUT2D eigenvalue weighted by atomic mass is 31.1. The van der Waals surface area contributed by atoms with Crippen molar-refractivity contribution in [2.75, 3.05) is 19.4 Å². The SMILES string of the molecule is CCCCCCCCCCCCCOCCC[P+](=O)OO. The first kappa shape index (κ1) is 21.0. The van der Waals surface area contributed by atoms with Gasteiger partial charge in [0.25, 0.3) is 0 Å². The number of hydrogen-bond donors (Lipinski definition) is 1. The van der Waals surface area contributed by atoms with E-state index < -0.39 is 8.03 Å². The lowest BCUT2D eigenvalue weighted by atomic mass is 10.1.